The number of benzene rings is 4. The highest BCUT2D eigenvalue weighted by atomic mass is 32.2. The number of fused-ring (bicyclic) bond motifs is 2. The van der Waals surface area contributed by atoms with Crippen molar-refractivity contribution in [2.45, 2.75) is 9.79 Å². The van der Waals surface area contributed by atoms with Crippen LogP contribution in [0.25, 0.3) is 0 Å². The quantitative estimate of drug-likeness (QED) is 0.205. The normalized spacial score (nSPS) is 14.8. The van der Waals surface area contributed by atoms with E-state index in [2.05, 4.69) is 0 Å². The lowest BCUT2D eigenvalue weighted by Gasteiger charge is -2.27. The van der Waals surface area contributed by atoms with E-state index in [0.717, 1.165) is 0 Å². The molecule has 206 valence electrons. The van der Waals surface area contributed by atoms with Crippen molar-refractivity contribution in [1.29, 1.82) is 0 Å². The first-order chi connectivity index (χ1) is 20.3. The van der Waals surface area contributed by atoms with Crippen molar-refractivity contribution >= 4 is 46.7 Å². The molecule has 0 fully saturated rings. The lowest BCUT2D eigenvalue weighted by Crippen LogP contribution is -2.31. The van der Waals surface area contributed by atoms with Crippen LogP contribution >= 0.6 is 23.5 Å². The van der Waals surface area contributed by atoms with Gasteiger partial charge in [0, 0.05) is 65.8 Å². The summed E-state index contributed by atoms with van der Waals surface area (Å²) in [7, 11) is 0. The van der Waals surface area contributed by atoms with Gasteiger partial charge in [-0.2, -0.15) is 0 Å². The summed E-state index contributed by atoms with van der Waals surface area (Å²) in [5, 5.41) is 0. The Bertz CT molecular complexity index is 1720. The van der Waals surface area contributed by atoms with Crippen LogP contribution in [0.2, 0.25) is 0 Å². The van der Waals surface area contributed by atoms with Crippen LogP contribution < -0.4 is 0 Å². The smallest absolute Gasteiger partial charge is 0.194 e. The third kappa shape index (κ3) is 5.08. The molecule has 2 aliphatic carbocycles. The lowest BCUT2D eigenvalue weighted by molar-refractivity contribution is 0.0953. The number of hydrogen-bond donors (Lipinski definition) is 0. The maximum Gasteiger partial charge on any atom is 0.194 e. The molecule has 4 nitrogen and oxygen atoms in total. The van der Waals surface area contributed by atoms with Crippen LogP contribution in [0.1, 0.15) is 41.4 Å². The van der Waals surface area contributed by atoms with Gasteiger partial charge in [-0.05, 0) is 48.5 Å². The molecule has 0 aliphatic heterocycles. The Morgan fingerprint density at radius 2 is 0.738 bits per heavy atom. The molecule has 0 heterocycles. The molecule has 0 unspecified atom stereocenters. The van der Waals surface area contributed by atoms with E-state index >= 15 is 0 Å². The standard InChI is InChI=1S/C34H20F2O4S2/c35-19-9-13-21(14-10-19)41-17-27-29(33(39)25-7-3-1-5-23(25)31(27)37)30-28(18-42-22-15-11-20(36)12-16-22)32(38)24-6-2-4-8-26(24)34(30)40/h1-16H,17-18H2. The van der Waals surface area contributed by atoms with Crippen molar-refractivity contribution < 1.29 is 28.0 Å². The van der Waals surface area contributed by atoms with E-state index in [9.17, 15) is 28.0 Å². The number of carbonyl (C=O) groups excluding carboxylic acids is 4. The molecule has 0 saturated heterocycles. The second-order valence-electron chi connectivity index (χ2n) is 9.60. The Morgan fingerprint density at radius 3 is 1.07 bits per heavy atom. The Kier molecular flexibility index (Phi) is 7.58. The number of Topliss-reactive ketones (excluding diaryl/α,β-unsaturated/α-hetero) is 4. The van der Waals surface area contributed by atoms with Gasteiger partial charge in [-0.1, -0.05) is 48.5 Å². The number of ketones is 4. The van der Waals surface area contributed by atoms with E-state index in [0.29, 0.717) is 9.79 Å². The fourth-order valence-corrected chi connectivity index (χ4v) is 6.86. The van der Waals surface area contributed by atoms with Crippen LogP contribution in [0.15, 0.2) is 129 Å². The molecule has 4 aromatic carbocycles. The van der Waals surface area contributed by atoms with Gasteiger partial charge in [-0.25, -0.2) is 8.78 Å². The van der Waals surface area contributed by atoms with E-state index in [1.54, 1.807) is 60.7 Å². The molecule has 0 amide bonds. The van der Waals surface area contributed by atoms with E-state index in [4.69, 9.17) is 0 Å². The minimum Gasteiger partial charge on any atom is -0.289 e. The molecule has 0 radical (unpaired) electrons. The van der Waals surface area contributed by atoms with Crippen LogP contribution in [0.5, 0.6) is 0 Å². The number of thioether (sulfide) groups is 2. The topological polar surface area (TPSA) is 68.3 Å². The second kappa shape index (κ2) is 11.5. The first-order valence-electron chi connectivity index (χ1n) is 12.9. The SMILES string of the molecule is O=C1C(CSc2ccc(F)cc2)=C(C2=C(CSc3ccc(F)cc3)C(=O)c3ccccc3C2=O)C(=O)c2ccccc21. The van der Waals surface area contributed by atoms with E-state index < -0.39 is 34.8 Å². The lowest BCUT2D eigenvalue weighted by atomic mass is 9.74. The van der Waals surface area contributed by atoms with Gasteiger partial charge in [0.1, 0.15) is 11.6 Å². The van der Waals surface area contributed by atoms with Gasteiger partial charge >= 0.3 is 0 Å². The van der Waals surface area contributed by atoms with E-state index in [-0.39, 0.29) is 56.1 Å². The molecular formula is C34H20F2O4S2. The summed E-state index contributed by atoms with van der Waals surface area (Å²) in [5.74, 6) is -2.63. The zero-order valence-electron chi connectivity index (χ0n) is 21.9. The van der Waals surface area contributed by atoms with E-state index in [1.165, 1.54) is 59.9 Å². The first kappa shape index (κ1) is 27.8. The monoisotopic (exact) mass is 594 g/mol. The van der Waals surface area contributed by atoms with Crippen LogP contribution in [0, 0.1) is 11.6 Å². The molecule has 0 N–H and O–H groups in total. The molecule has 4 aromatic rings. The number of carbonyl (C=O) groups is 4. The summed E-state index contributed by atoms with van der Waals surface area (Å²) < 4.78 is 27.0. The third-order valence-electron chi connectivity index (χ3n) is 7.08. The summed E-state index contributed by atoms with van der Waals surface area (Å²) in [6.45, 7) is 0. The highest BCUT2D eigenvalue weighted by Crippen LogP contribution is 2.40. The molecule has 42 heavy (non-hydrogen) atoms. The second-order valence-corrected chi connectivity index (χ2v) is 11.7. The molecule has 2 aliphatic rings. The van der Waals surface area contributed by atoms with Crippen LogP contribution in [-0.2, 0) is 0 Å². The fraction of sp³-hybridized carbons (Fsp3) is 0.0588. The summed E-state index contributed by atoms with van der Waals surface area (Å²) in [6, 6.07) is 24.3. The summed E-state index contributed by atoms with van der Waals surface area (Å²) >= 11 is 2.45. The van der Waals surface area contributed by atoms with Gasteiger partial charge < -0.3 is 0 Å². The van der Waals surface area contributed by atoms with Gasteiger partial charge in [-0.3, -0.25) is 19.2 Å². The minimum absolute atomic E-state index is 0.0187. The molecule has 6 rings (SSSR count). The molecule has 0 aromatic heterocycles. The molecule has 0 saturated carbocycles. The van der Waals surface area contributed by atoms with Crippen LogP contribution in [0.4, 0.5) is 8.78 Å². The zero-order chi connectivity index (χ0) is 29.4. The number of rotatable bonds is 7. The minimum atomic E-state index is -0.514. The molecule has 8 heteroatoms. The van der Waals surface area contributed by atoms with Crippen LogP contribution in [0.3, 0.4) is 0 Å². The van der Waals surface area contributed by atoms with Gasteiger partial charge in [0.15, 0.2) is 23.1 Å². The molecule has 0 bridgehead atoms. The maximum absolute atomic E-state index is 14.1. The van der Waals surface area contributed by atoms with Crippen molar-refractivity contribution in [3.05, 3.63) is 153 Å². The highest BCUT2D eigenvalue weighted by molar-refractivity contribution is 7.99. The zero-order valence-corrected chi connectivity index (χ0v) is 23.5. The third-order valence-corrected chi connectivity index (χ3v) is 9.16. The predicted molar refractivity (Wildman–Crippen MR) is 159 cm³/mol. The van der Waals surface area contributed by atoms with Gasteiger partial charge in [-0.15, -0.1) is 23.5 Å². The van der Waals surface area contributed by atoms with Gasteiger partial charge in [0.25, 0.3) is 0 Å². The Morgan fingerprint density at radius 1 is 0.429 bits per heavy atom. The van der Waals surface area contributed by atoms with Crippen LogP contribution in [-0.4, -0.2) is 34.6 Å². The largest absolute Gasteiger partial charge is 0.289 e. The highest BCUT2D eigenvalue weighted by Gasteiger charge is 2.41. The summed E-state index contributed by atoms with van der Waals surface area (Å²) in [4.78, 5) is 57.4. The Labute approximate surface area is 248 Å². The molecule has 0 atom stereocenters. The molecule has 0 spiro atoms. The number of hydrogen-bond acceptors (Lipinski definition) is 6. The average molecular weight is 595 g/mol. The maximum atomic E-state index is 14.1. The Hall–Kier alpha value is -4.40. The number of allylic oxidation sites excluding steroid dienone is 2. The Balaban J connectivity index is 1.53. The van der Waals surface area contributed by atoms with Crippen molar-refractivity contribution in [1.82, 2.24) is 0 Å². The average Bonchev–Trinajstić information content (AvgIpc) is 3.01. The number of halogens is 2. The van der Waals surface area contributed by atoms with Crippen molar-refractivity contribution in [2.75, 3.05) is 11.5 Å². The fourth-order valence-electron chi connectivity index (χ4n) is 5.03. The predicted octanol–water partition coefficient (Wildman–Crippen LogP) is 7.60. The van der Waals surface area contributed by atoms with Crippen molar-refractivity contribution in [2.24, 2.45) is 0 Å². The van der Waals surface area contributed by atoms with Gasteiger partial charge in [0.05, 0.1) is 0 Å². The van der Waals surface area contributed by atoms with Gasteiger partial charge in [0.2, 0.25) is 0 Å². The molecular weight excluding hydrogens is 575 g/mol. The van der Waals surface area contributed by atoms with E-state index in [1.807, 2.05) is 0 Å². The first-order valence-corrected chi connectivity index (χ1v) is 14.9. The summed E-state index contributed by atoms with van der Waals surface area (Å²) in [5.41, 5.74) is 0.792. The van der Waals surface area contributed by atoms with Crippen molar-refractivity contribution in [3.8, 4) is 0 Å². The summed E-state index contributed by atoms with van der Waals surface area (Å²) in [6.07, 6.45) is 0. The van der Waals surface area contributed by atoms with Crippen molar-refractivity contribution in [3.63, 3.8) is 0 Å².